The molecule has 3 N–H and O–H groups in total. The van der Waals surface area contributed by atoms with Crippen LogP contribution in [-0.4, -0.2) is 21.6 Å². The van der Waals surface area contributed by atoms with Crippen LogP contribution in [0, 0.1) is 0 Å². The molecule has 0 saturated heterocycles. The third kappa shape index (κ3) is 4.04. The smallest absolute Gasteiger partial charge is 0.234 e. The molecule has 4 rings (SSSR count). The van der Waals surface area contributed by atoms with E-state index >= 15 is 0 Å². The number of thiophene rings is 1. The Morgan fingerprint density at radius 3 is 2.64 bits per heavy atom. The van der Waals surface area contributed by atoms with E-state index in [2.05, 4.69) is 15.3 Å². The molecule has 28 heavy (non-hydrogen) atoms. The van der Waals surface area contributed by atoms with Gasteiger partial charge in [0.25, 0.3) is 0 Å². The van der Waals surface area contributed by atoms with Crippen molar-refractivity contribution in [1.29, 1.82) is 0 Å². The molecule has 3 aromatic rings. The molecule has 146 valence electrons. The van der Waals surface area contributed by atoms with E-state index in [4.69, 9.17) is 40.5 Å². The maximum absolute atomic E-state index is 12.3. The number of carbonyl (C=O) groups excluding carboxylic acids is 1. The number of aromatic nitrogens is 2. The van der Waals surface area contributed by atoms with Gasteiger partial charge in [0.1, 0.15) is 10.6 Å². The fraction of sp³-hybridized carbons (Fsp3) is 0.278. The summed E-state index contributed by atoms with van der Waals surface area (Å²) < 4.78 is 0. The standard InChI is InChI=1S/C18H15Cl3N4OS2/c19-8-5-10(20)15(11(21)6-8)23-13(26)7-27-18-24-16(22)14-9-3-1-2-4-12(9)28-17(14)25-18/h5-6H,1-4,7H2,(H,23,26)(H2,22,24,25). The highest BCUT2D eigenvalue weighted by molar-refractivity contribution is 7.99. The lowest BCUT2D eigenvalue weighted by atomic mass is 9.97. The summed E-state index contributed by atoms with van der Waals surface area (Å²) in [5.74, 6) is 0.311. The van der Waals surface area contributed by atoms with E-state index in [1.165, 1.54) is 47.2 Å². The second kappa shape index (κ2) is 8.24. The van der Waals surface area contributed by atoms with E-state index in [0.29, 0.717) is 21.7 Å². The van der Waals surface area contributed by atoms with Gasteiger partial charge in [-0.05, 0) is 43.4 Å². The van der Waals surface area contributed by atoms with Crippen LogP contribution in [0.5, 0.6) is 0 Å². The van der Waals surface area contributed by atoms with Gasteiger partial charge >= 0.3 is 0 Å². The number of aryl methyl sites for hydroxylation is 2. The predicted octanol–water partition coefficient (Wildman–Crippen LogP) is 5.84. The lowest BCUT2D eigenvalue weighted by Gasteiger charge is -2.11. The zero-order valence-corrected chi connectivity index (χ0v) is 18.4. The van der Waals surface area contributed by atoms with Crippen molar-refractivity contribution >= 4 is 85.5 Å². The number of benzene rings is 1. The van der Waals surface area contributed by atoms with Crippen LogP contribution in [0.3, 0.4) is 0 Å². The molecule has 1 aliphatic carbocycles. The minimum absolute atomic E-state index is 0.103. The van der Waals surface area contributed by atoms with Crippen molar-refractivity contribution in [3.63, 3.8) is 0 Å². The third-order valence-electron chi connectivity index (χ3n) is 4.43. The Bertz CT molecular complexity index is 1060. The molecule has 5 nitrogen and oxygen atoms in total. The van der Waals surface area contributed by atoms with Gasteiger partial charge < -0.3 is 11.1 Å². The number of nitrogen functional groups attached to an aromatic ring is 1. The van der Waals surface area contributed by atoms with Crippen molar-refractivity contribution in [3.8, 4) is 0 Å². The SMILES string of the molecule is Nc1nc(SCC(=O)Nc2c(Cl)cc(Cl)cc2Cl)nc2sc3c(c12)CCCC3. The summed E-state index contributed by atoms with van der Waals surface area (Å²) in [5.41, 5.74) is 7.83. The van der Waals surface area contributed by atoms with Crippen LogP contribution in [0.4, 0.5) is 11.5 Å². The Hall–Kier alpha value is -1.25. The maximum atomic E-state index is 12.3. The van der Waals surface area contributed by atoms with Crippen LogP contribution in [-0.2, 0) is 17.6 Å². The van der Waals surface area contributed by atoms with Crippen molar-refractivity contribution in [1.82, 2.24) is 9.97 Å². The predicted molar refractivity (Wildman–Crippen MR) is 119 cm³/mol. The highest BCUT2D eigenvalue weighted by Gasteiger charge is 2.20. The Kier molecular flexibility index (Phi) is 5.90. The number of fused-ring (bicyclic) bond motifs is 3. The first kappa shape index (κ1) is 20.0. The average molecular weight is 474 g/mol. The molecule has 2 heterocycles. The minimum atomic E-state index is -0.274. The van der Waals surface area contributed by atoms with Crippen molar-refractivity contribution < 1.29 is 4.79 Å². The molecule has 1 aliphatic rings. The quantitative estimate of drug-likeness (QED) is 0.367. The number of halogens is 3. The van der Waals surface area contributed by atoms with Gasteiger partial charge in [-0.15, -0.1) is 11.3 Å². The van der Waals surface area contributed by atoms with Gasteiger partial charge in [-0.1, -0.05) is 46.6 Å². The number of nitrogens with zero attached hydrogens (tertiary/aromatic N) is 2. The van der Waals surface area contributed by atoms with E-state index in [9.17, 15) is 4.79 Å². The molecule has 0 bridgehead atoms. The second-order valence-electron chi connectivity index (χ2n) is 6.36. The first-order valence-corrected chi connectivity index (χ1v) is 11.5. The number of rotatable bonds is 4. The van der Waals surface area contributed by atoms with Crippen LogP contribution in [0.2, 0.25) is 15.1 Å². The Labute approximate surface area is 185 Å². The normalized spacial score (nSPS) is 13.5. The lowest BCUT2D eigenvalue weighted by Crippen LogP contribution is -2.15. The monoisotopic (exact) mass is 472 g/mol. The fourth-order valence-corrected chi connectivity index (χ4v) is 6.09. The highest BCUT2D eigenvalue weighted by atomic mass is 35.5. The van der Waals surface area contributed by atoms with Crippen molar-refractivity contribution in [2.24, 2.45) is 0 Å². The molecule has 0 aliphatic heterocycles. The number of anilines is 2. The lowest BCUT2D eigenvalue weighted by molar-refractivity contribution is -0.113. The number of nitrogens with two attached hydrogens (primary N) is 1. The molecular weight excluding hydrogens is 459 g/mol. The van der Waals surface area contributed by atoms with E-state index in [1.807, 2.05) is 0 Å². The van der Waals surface area contributed by atoms with Gasteiger partial charge in [-0.2, -0.15) is 0 Å². The van der Waals surface area contributed by atoms with Crippen molar-refractivity contribution in [3.05, 3.63) is 37.6 Å². The van der Waals surface area contributed by atoms with E-state index in [-0.39, 0.29) is 21.7 Å². The van der Waals surface area contributed by atoms with Gasteiger partial charge in [-0.25, -0.2) is 9.97 Å². The number of nitrogens with one attached hydrogen (secondary N) is 1. The summed E-state index contributed by atoms with van der Waals surface area (Å²) in [7, 11) is 0. The van der Waals surface area contributed by atoms with E-state index < -0.39 is 0 Å². The molecule has 0 unspecified atom stereocenters. The van der Waals surface area contributed by atoms with Crippen LogP contribution in [0.1, 0.15) is 23.3 Å². The first-order valence-electron chi connectivity index (χ1n) is 8.57. The molecule has 1 amide bonds. The molecule has 0 radical (unpaired) electrons. The van der Waals surface area contributed by atoms with E-state index in [0.717, 1.165) is 23.1 Å². The summed E-state index contributed by atoms with van der Waals surface area (Å²) >= 11 is 21.0. The van der Waals surface area contributed by atoms with Crippen molar-refractivity contribution in [2.75, 3.05) is 16.8 Å². The van der Waals surface area contributed by atoms with Gasteiger partial charge in [0, 0.05) is 9.90 Å². The molecule has 10 heteroatoms. The Balaban J connectivity index is 1.49. The maximum Gasteiger partial charge on any atom is 0.234 e. The molecule has 0 spiro atoms. The van der Waals surface area contributed by atoms with Gasteiger partial charge in [0.2, 0.25) is 5.91 Å². The molecule has 0 atom stereocenters. The number of amides is 1. The van der Waals surface area contributed by atoms with Crippen molar-refractivity contribution in [2.45, 2.75) is 30.8 Å². The zero-order valence-electron chi connectivity index (χ0n) is 14.5. The Morgan fingerprint density at radius 2 is 1.89 bits per heavy atom. The van der Waals surface area contributed by atoms with Crippen LogP contribution < -0.4 is 11.1 Å². The van der Waals surface area contributed by atoms with Gasteiger partial charge in [-0.3, -0.25) is 4.79 Å². The van der Waals surface area contributed by atoms with Crippen LogP contribution >= 0.6 is 57.9 Å². The summed E-state index contributed by atoms with van der Waals surface area (Å²) in [4.78, 5) is 23.6. The molecular formula is C18H15Cl3N4OS2. The number of hydrogen-bond acceptors (Lipinski definition) is 6. The minimum Gasteiger partial charge on any atom is -0.383 e. The largest absolute Gasteiger partial charge is 0.383 e. The fourth-order valence-electron chi connectivity index (χ4n) is 3.20. The first-order chi connectivity index (χ1) is 13.4. The number of thioether (sulfide) groups is 1. The number of hydrogen-bond donors (Lipinski definition) is 2. The molecule has 1 aromatic carbocycles. The zero-order chi connectivity index (χ0) is 19.8. The van der Waals surface area contributed by atoms with Gasteiger partial charge in [0.15, 0.2) is 5.16 Å². The topological polar surface area (TPSA) is 80.9 Å². The third-order valence-corrected chi connectivity index (χ3v) is 7.27. The molecule has 0 saturated carbocycles. The van der Waals surface area contributed by atoms with Gasteiger partial charge in [0.05, 0.1) is 26.9 Å². The second-order valence-corrected chi connectivity index (χ2v) is 9.64. The summed E-state index contributed by atoms with van der Waals surface area (Å²) in [6.45, 7) is 0. The molecule has 2 aromatic heterocycles. The number of carbonyl (C=O) groups is 1. The van der Waals surface area contributed by atoms with Crippen LogP contribution in [0.25, 0.3) is 10.2 Å². The highest BCUT2D eigenvalue weighted by Crippen LogP contribution is 2.38. The average Bonchev–Trinajstić information content (AvgIpc) is 3.01. The summed E-state index contributed by atoms with van der Waals surface area (Å²) in [6, 6.07) is 3.04. The van der Waals surface area contributed by atoms with Crippen LogP contribution in [0.15, 0.2) is 17.3 Å². The summed E-state index contributed by atoms with van der Waals surface area (Å²) in [5, 5.41) is 5.12. The summed E-state index contributed by atoms with van der Waals surface area (Å²) in [6.07, 6.45) is 4.47. The molecule has 0 fully saturated rings. The van der Waals surface area contributed by atoms with E-state index in [1.54, 1.807) is 11.3 Å². The Morgan fingerprint density at radius 1 is 1.18 bits per heavy atom.